The molecule has 0 heterocycles. The average molecular weight is 286 g/mol. The van der Waals surface area contributed by atoms with Crippen LogP contribution in [-0.4, -0.2) is 12.5 Å². The second kappa shape index (κ2) is 7.43. The maximum absolute atomic E-state index is 13.1. The number of amides is 1. The van der Waals surface area contributed by atoms with Crippen LogP contribution in [0.25, 0.3) is 0 Å². The summed E-state index contributed by atoms with van der Waals surface area (Å²) in [6.45, 7) is 3.19. The zero-order chi connectivity index (χ0) is 15.1. The van der Waals surface area contributed by atoms with E-state index in [1.165, 1.54) is 12.1 Å². The standard InChI is InChI=1S/C17H19FN2O/c1-2-9-19-17(21)14-6-4-8-16(11-14)20-12-13-5-3-7-15(18)10-13/h3-8,10-11,20H,2,9,12H2,1H3,(H,19,21). The molecule has 0 saturated carbocycles. The lowest BCUT2D eigenvalue weighted by Crippen LogP contribution is -2.23. The van der Waals surface area contributed by atoms with Crippen molar-refractivity contribution in [3.8, 4) is 0 Å². The van der Waals surface area contributed by atoms with Gasteiger partial charge in [-0.15, -0.1) is 0 Å². The lowest BCUT2D eigenvalue weighted by molar-refractivity contribution is 0.0953. The van der Waals surface area contributed by atoms with E-state index in [1.54, 1.807) is 18.2 Å². The Morgan fingerprint density at radius 2 is 1.95 bits per heavy atom. The van der Waals surface area contributed by atoms with Crippen molar-refractivity contribution in [2.45, 2.75) is 19.9 Å². The highest BCUT2D eigenvalue weighted by Crippen LogP contribution is 2.13. The molecule has 3 nitrogen and oxygen atoms in total. The van der Waals surface area contributed by atoms with Crippen molar-refractivity contribution in [1.29, 1.82) is 0 Å². The van der Waals surface area contributed by atoms with E-state index in [0.29, 0.717) is 18.7 Å². The Hall–Kier alpha value is -2.36. The number of halogens is 1. The minimum Gasteiger partial charge on any atom is -0.381 e. The summed E-state index contributed by atoms with van der Waals surface area (Å²) in [5.41, 5.74) is 2.31. The Balaban J connectivity index is 1.99. The Bertz CT molecular complexity index is 613. The minimum absolute atomic E-state index is 0.0775. The lowest BCUT2D eigenvalue weighted by atomic mass is 10.1. The molecule has 0 aromatic heterocycles. The van der Waals surface area contributed by atoms with E-state index in [2.05, 4.69) is 10.6 Å². The fourth-order valence-electron chi connectivity index (χ4n) is 1.96. The van der Waals surface area contributed by atoms with Gasteiger partial charge in [-0.2, -0.15) is 0 Å². The van der Waals surface area contributed by atoms with Gasteiger partial charge in [0.25, 0.3) is 5.91 Å². The van der Waals surface area contributed by atoms with E-state index < -0.39 is 0 Å². The molecule has 4 heteroatoms. The van der Waals surface area contributed by atoms with Crippen molar-refractivity contribution in [1.82, 2.24) is 5.32 Å². The molecule has 0 bridgehead atoms. The minimum atomic E-state index is -0.248. The molecular formula is C17H19FN2O. The molecule has 0 aliphatic carbocycles. The topological polar surface area (TPSA) is 41.1 Å². The third-order valence-corrected chi connectivity index (χ3v) is 3.05. The molecule has 2 rings (SSSR count). The summed E-state index contributed by atoms with van der Waals surface area (Å²) in [5, 5.41) is 6.03. The highest BCUT2D eigenvalue weighted by atomic mass is 19.1. The Labute approximate surface area is 124 Å². The maximum Gasteiger partial charge on any atom is 0.251 e. The second-order valence-corrected chi connectivity index (χ2v) is 4.82. The molecule has 0 unspecified atom stereocenters. The predicted octanol–water partition coefficient (Wildman–Crippen LogP) is 3.58. The Morgan fingerprint density at radius 1 is 1.14 bits per heavy atom. The van der Waals surface area contributed by atoms with Gasteiger partial charge in [0, 0.05) is 24.3 Å². The molecule has 0 saturated heterocycles. The van der Waals surface area contributed by atoms with Gasteiger partial charge >= 0.3 is 0 Å². The van der Waals surface area contributed by atoms with Crippen LogP contribution in [0.5, 0.6) is 0 Å². The number of rotatable bonds is 6. The fourth-order valence-corrected chi connectivity index (χ4v) is 1.96. The number of nitrogens with one attached hydrogen (secondary N) is 2. The Kier molecular flexibility index (Phi) is 5.32. The van der Waals surface area contributed by atoms with Crippen molar-refractivity contribution in [3.05, 3.63) is 65.5 Å². The summed E-state index contributed by atoms with van der Waals surface area (Å²) >= 11 is 0. The van der Waals surface area contributed by atoms with Crippen LogP contribution in [0.3, 0.4) is 0 Å². The maximum atomic E-state index is 13.1. The number of anilines is 1. The van der Waals surface area contributed by atoms with Crippen molar-refractivity contribution < 1.29 is 9.18 Å². The normalized spacial score (nSPS) is 10.2. The molecule has 0 fully saturated rings. The third kappa shape index (κ3) is 4.60. The average Bonchev–Trinajstić information content (AvgIpc) is 2.51. The quantitative estimate of drug-likeness (QED) is 0.852. The molecule has 0 aliphatic heterocycles. The SMILES string of the molecule is CCCNC(=O)c1cccc(NCc2cccc(F)c2)c1. The number of carbonyl (C=O) groups is 1. The van der Waals surface area contributed by atoms with Gasteiger partial charge in [0.2, 0.25) is 0 Å². The molecule has 2 aromatic carbocycles. The van der Waals surface area contributed by atoms with Gasteiger partial charge < -0.3 is 10.6 Å². The Morgan fingerprint density at radius 3 is 2.71 bits per heavy atom. The van der Waals surface area contributed by atoms with E-state index in [9.17, 15) is 9.18 Å². The van der Waals surface area contributed by atoms with Gasteiger partial charge in [0.05, 0.1) is 0 Å². The fraction of sp³-hybridized carbons (Fsp3) is 0.235. The van der Waals surface area contributed by atoms with Gasteiger partial charge in [-0.3, -0.25) is 4.79 Å². The molecule has 2 aromatic rings. The zero-order valence-electron chi connectivity index (χ0n) is 12.0. The molecule has 110 valence electrons. The molecule has 2 N–H and O–H groups in total. The predicted molar refractivity (Wildman–Crippen MR) is 82.8 cm³/mol. The van der Waals surface area contributed by atoms with Gasteiger partial charge in [0.1, 0.15) is 5.82 Å². The van der Waals surface area contributed by atoms with Crippen LogP contribution < -0.4 is 10.6 Å². The molecule has 0 atom stereocenters. The summed E-state index contributed by atoms with van der Waals surface area (Å²) < 4.78 is 13.1. The van der Waals surface area contributed by atoms with E-state index in [4.69, 9.17) is 0 Å². The first-order chi connectivity index (χ1) is 10.2. The smallest absolute Gasteiger partial charge is 0.251 e. The third-order valence-electron chi connectivity index (χ3n) is 3.05. The van der Waals surface area contributed by atoms with E-state index in [0.717, 1.165) is 17.7 Å². The van der Waals surface area contributed by atoms with Gasteiger partial charge in [-0.1, -0.05) is 25.1 Å². The summed E-state index contributed by atoms with van der Waals surface area (Å²) in [6, 6.07) is 13.7. The van der Waals surface area contributed by atoms with E-state index in [1.807, 2.05) is 25.1 Å². The summed E-state index contributed by atoms with van der Waals surface area (Å²) in [4.78, 5) is 11.9. The van der Waals surface area contributed by atoms with Crippen LogP contribution in [0, 0.1) is 5.82 Å². The van der Waals surface area contributed by atoms with E-state index in [-0.39, 0.29) is 11.7 Å². The zero-order valence-corrected chi connectivity index (χ0v) is 12.0. The first-order valence-electron chi connectivity index (χ1n) is 7.05. The summed E-state index contributed by atoms with van der Waals surface area (Å²) in [6.07, 6.45) is 0.906. The monoisotopic (exact) mass is 286 g/mol. The number of carbonyl (C=O) groups excluding carboxylic acids is 1. The van der Waals surface area contributed by atoms with Gasteiger partial charge in [-0.25, -0.2) is 4.39 Å². The number of hydrogen-bond donors (Lipinski definition) is 2. The van der Waals surface area contributed by atoms with Crippen molar-refractivity contribution in [3.63, 3.8) is 0 Å². The van der Waals surface area contributed by atoms with Crippen LogP contribution in [-0.2, 0) is 6.54 Å². The highest BCUT2D eigenvalue weighted by Gasteiger charge is 2.05. The van der Waals surface area contributed by atoms with Crippen molar-refractivity contribution >= 4 is 11.6 Å². The van der Waals surface area contributed by atoms with Crippen LogP contribution >= 0.6 is 0 Å². The summed E-state index contributed by atoms with van der Waals surface area (Å²) in [5.74, 6) is -0.326. The van der Waals surface area contributed by atoms with Crippen molar-refractivity contribution in [2.24, 2.45) is 0 Å². The highest BCUT2D eigenvalue weighted by molar-refractivity contribution is 5.95. The second-order valence-electron chi connectivity index (χ2n) is 4.82. The molecule has 0 aliphatic rings. The van der Waals surface area contributed by atoms with Crippen LogP contribution in [0.4, 0.5) is 10.1 Å². The van der Waals surface area contributed by atoms with Crippen LogP contribution in [0.1, 0.15) is 29.3 Å². The summed E-state index contributed by atoms with van der Waals surface area (Å²) in [7, 11) is 0. The molecule has 21 heavy (non-hydrogen) atoms. The molecule has 0 radical (unpaired) electrons. The van der Waals surface area contributed by atoms with Gasteiger partial charge in [0.15, 0.2) is 0 Å². The lowest BCUT2D eigenvalue weighted by Gasteiger charge is -2.09. The number of benzene rings is 2. The van der Waals surface area contributed by atoms with Crippen molar-refractivity contribution in [2.75, 3.05) is 11.9 Å². The van der Waals surface area contributed by atoms with Crippen LogP contribution in [0.2, 0.25) is 0 Å². The molecule has 1 amide bonds. The first-order valence-corrected chi connectivity index (χ1v) is 7.05. The molecular weight excluding hydrogens is 267 g/mol. The largest absolute Gasteiger partial charge is 0.381 e. The first kappa shape index (κ1) is 15.0. The molecule has 0 spiro atoms. The van der Waals surface area contributed by atoms with Crippen LogP contribution in [0.15, 0.2) is 48.5 Å². The number of hydrogen-bond acceptors (Lipinski definition) is 2. The van der Waals surface area contributed by atoms with Gasteiger partial charge in [-0.05, 0) is 42.3 Å². The van der Waals surface area contributed by atoms with E-state index >= 15 is 0 Å².